The Hall–Kier alpha value is -2.81. The molecule has 0 spiro atoms. The van der Waals surface area contributed by atoms with Crippen LogP contribution in [0.1, 0.15) is 5.56 Å². The van der Waals surface area contributed by atoms with Gasteiger partial charge >= 0.3 is 0 Å². The van der Waals surface area contributed by atoms with E-state index in [1.54, 1.807) is 35.4 Å². The molecule has 0 atom stereocenters. The number of anilines is 2. The van der Waals surface area contributed by atoms with Gasteiger partial charge in [-0.15, -0.1) is 0 Å². The molecule has 19 heavy (non-hydrogen) atoms. The van der Waals surface area contributed by atoms with Crippen LogP contribution in [0.4, 0.5) is 11.6 Å². The summed E-state index contributed by atoms with van der Waals surface area (Å²) in [5.41, 5.74) is 6.69. The average molecular weight is 255 g/mol. The fourth-order valence-electron chi connectivity index (χ4n) is 1.43. The van der Waals surface area contributed by atoms with Gasteiger partial charge in [0, 0.05) is 26.4 Å². The van der Waals surface area contributed by atoms with Crippen LogP contribution in [0, 0.1) is 11.3 Å². The summed E-state index contributed by atoms with van der Waals surface area (Å²) in [6, 6.07) is 8.50. The highest BCUT2D eigenvalue weighted by atomic mass is 16.5. The van der Waals surface area contributed by atoms with Gasteiger partial charge in [0.2, 0.25) is 11.8 Å². The van der Waals surface area contributed by atoms with Crippen LogP contribution in [-0.4, -0.2) is 24.1 Å². The van der Waals surface area contributed by atoms with Gasteiger partial charge in [-0.3, -0.25) is 0 Å². The Morgan fingerprint density at radius 1 is 1.32 bits per heavy atom. The predicted octanol–water partition coefficient (Wildman–Crippen LogP) is 1.79. The molecule has 1 aromatic heterocycles. The fourth-order valence-corrected chi connectivity index (χ4v) is 1.43. The molecule has 0 aliphatic carbocycles. The Morgan fingerprint density at radius 2 is 2.11 bits per heavy atom. The summed E-state index contributed by atoms with van der Waals surface area (Å²) in [5, 5.41) is 8.77. The van der Waals surface area contributed by atoms with Crippen molar-refractivity contribution in [1.82, 2.24) is 9.97 Å². The Morgan fingerprint density at radius 3 is 2.74 bits per heavy atom. The van der Waals surface area contributed by atoms with Crippen molar-refractivity contribution in [3.8, 4) is 17.7 Å². The number of nitrogens with zero attached hydrogens (tertiary/aromatic N) is 4. The van der Waals surface area contributed by atoms with Crippen molar-refractivity contribution >= 4 is 11.6 Å². The summed E-state index contributed by atoms with van der Waals surface area (Å²) in [5.74, 6) is 1.40. The maximum Gasteiger partial charge on any atom is 0.228 e. The number of rotatable bonds is 3. The molecule has 0 saturated carbocycles. The van der Waals surface area contributed by atoms with Crippen molar-refractivity contribution in [2.24, 2.45) is 0 Å². The van der Waals surface area contributed by atoms with Crippen molar-refractivity contribution in [2.75, 3.05) is 24.7 Å². The molecule has 0 radical (unpaired) electrons. The highest BCUT2D eigenvalue weighted by Crippen LogP contribution is 2.27. The van der Waals surface area contributed by atoms with E-state index in [1.807, 2.05) is 20.2 Å². The molecule has 6 nitrogen and oxygen atoms in total. The molecule has 96 valence electrons. The minimum Gasteiger partial charge on any atom is -0.437 e. The maximum absolute atomic E-state index is 8.77. The molecule has 2 aromatic rings. The van der Waals surface area contributed by atoms with Crippen molar-refractivity contribution in [3.05, 3.63) is 36.0 Å². The molecular formula is C13H13N5O. The third kappa shape index (κ3) is 2.90. The fraction of sp³-hybridized carbons (Fsp3) is 0.154. The number of aromatic nitrogens is 2. The lowest BCUT2D eigenvalue weighted by Gasteiger charge is -2.12. The van der Waals surface area contributed by atoms with Crippen molar-refractivity contribution < 1.29 is 4.74 Å². The van der Waals surface area contributed by atoms with Crippen LogP contribution in [0.3, 0.4) is 0 Å². The first-order valence-corrected chi connectivity index (χ1v) is 5.58. The van der Waals surface area contributed by atoms with Gasteiger partial charge in [0.05, 0.1) is 17.3 Å². The van der Waals surface area contributed by atoms with Crippen LogP contribution >= 0.6 is 0 Å². The van der Waals surface area contributed by atoms with E-state index in [2.05, 4.69) is 9.97 Å². The molecular weight excluding hydrogens is 242 g/mol. The Kier molecular flexibility index (Phi) is 3.48. The highest BCUT2D eigenvalue weighted by Gasteiger charge is 2.06. The van der Waals surface area contributed by atoms with Gasteiger partial charge in [-0.05, 0) is 18.2 Å². The van der Waals surface area contributed by atoms with E-state index in [0.717, 1.165) is 0 Å². The normalized spacial score (nSPS) is 9.74. The molecule has 0 fully saturated rings. The summed E-state index contributed by atoms with van der Waals surface area (Å²) in [4.78, 5) is 10.1. The summed E-state index contributed by atoms with van der Waals surface area (Å²) in [6.45, 7) is 0. The molecule has 6 heteroatoms. The molecule has 0 aliphatic rings. The number of hydrogen-bond acceptors (Lipinski definition) is 6. The summed E-state index contributed by atoms with van der Waals surface area (Å²) in [7, 11) is 3.68. The van der Waals surface area contributed by atoms with Crippen molar-refractivity contribution in [1.29, 1.82) is 5.26 Å². The standard InChI is InChI=1S/C13H13N5O/c1-18(2)13-16-6-5-12(17-13)19-11-4-3-9(8-14)7-10(11)15/h3-7H,15H2,1-2H3. The number of ether oxygens (including phenoxy) is 1. The molecule has 1 heterocycles. The monoisotopic (exact) mass is 255 g/mol. The first-order valence-electron chi connectivity index (χ1n) is 5.58. The lowest BCUT2D eigenvalue weighted by atomic mass is 10.2. The maximum atomic E-state index is 8.77. The van der Waals surface area contributed by atoms with Gasteiger partial charge in [0.25, 0.3) is 0 Å². The zero-order chi connectivity index (χ0) is 13.8. The van der Waals surface area contributed by atoms with Gasteiger partial charge < -0.3 is 15.4 Å². The Bertz CT molecular complexity index is 633. The quantitative estimate of drug-likeness (QED) is 0.841. The van der Waals surface area contributed by atoms with Crippen LogP contribution in [0.2, 0.25) is 0 Å². The Balaban J connectivity index is 2.26. The number of nitrogen functional groups attached to an aromatic ring is 1. The van der Waals surface area contributed by atoms with E-state index in [1.165, 1.54) is 0 Å². The van der Waals surface area contributed by atoms with E-state index >= 15 is 0 Å². The first kappa shape index (κ1) is 12.6. The second kappa shape index (κ2) is 5.23. The Labute approximate surface area is 111 Å². The molecule has 2 N–H and O–H groups in total. The topological polar surface area (TPSA) is 88.1 Å². The second-order valence-electron chi connectivity index (χ2n) is 4.06. The SMILES string of the molecule is CN(C)c1nccc(Oc2ccc(C#N)cc2N)n1. The highest BCUT2D eigenvalue weighted by molar-refractivity contribution is 5.57. The van der Waals surface area contributed by atoms with Gasteiger partial charge in [-0.1, -0.05) is 0 Å². The van der Waals surface area contributed by atoms with E-state index in [-0.39, 0.29) is 0 Å². The molecule has 0 unspecified atom stereocenters. The number of nitrogens with two attached hydrogens (primary N) is 1. The van der Waals surface area contributed by atoms with Crippen LogP contribution in [0.5, 0.6) is 11.6 Å². The van der Waals surface area contributed by atoms with Crippen LogP contribution in [-0.2, 0) is 0 Å². The first-order chi connectivity index (χ1) is 9.10. The summed E-state index contributed by atoms with van der Waals surface area (Å²) >= 11 is 0. The van der Waals surface area contributed by atoms with E-state index in [4.69, 9.17) is 15.7 Å². The molecule has 2 rings (SSSR count). The minimum absolute atomic E-state index is 0.393. The van der Waals surface area contributed by atoms with Crippen LogP contribution in [0.15, 0.2) is 30.5 Å². The van der Waals surface area contributed by atoms with E-state index in [9.17, 15) is 0 Å². The number of benzene rings is 1. The van der Waals surface area contributed by atoms with Gasteiger partial charge in [0.1, 0.15) is 0 Å². The zero-order valence-corrected chi connectivity index (χ0v) is 10.7. The largest absolute Gasteiger partial charge is 0.437 e. The van der Waals surface area contributed by atoms with Gasteiger partial charge in [-0.2, -0.15) is 10.2 Å². The number of hydrogen-bond donors (Lipinski definition) is 1. The molecule has 0 amide bonds. The molecule has 0 saturated heterocycles. The van der Waals surface area contributed by atoms with Crippen LogP contribution < -0.4 is 15.4 Å². The second-order valence-corrected chi connectivity index (χ2v) is 4.06. The van der Waals surface area contributed by atoms with E-state index < -0.39 is 0 Å². The summed E-state index contributed by atoms with van der Waals surface area (Å²) in [6.07, 6.45) is 1.61. The van der Waals surface area contributed by atoms with Crippen molar-refractivity contribution in [3.63, 3.8) is 0 Å². The smallest absolute Gasteiger partial charge is 0.228 e. The van der Waals surface area contributed by atoms with E-state index in [0.29, 0.717) is 28.8 Å². The lowest BCUT2D eigenvalue weighted by Crippen LogP contribution is -2.12. The predicted molar refractivity (Wildman–Crippen MR) is 72.0 cm³/mol. The molecule has 1 aromatic carbocycles. The van der Waals surface area contributed by atoms with Crippen molar-refractivity contribution in [2.45, 2.75) is 0 Å². The number of nitriles is 1. The summed E-state index contributed by atoms with van der Waals surface area (Å²) < 4.78 is 5.59. The lowest BCUT2D eigenvalue weighted by molar-refractivity contribution is 0.464. The average Bonchev–Trinajstić information content (AvgIpc) is 2.41. The minimum atomic E-state index is 0.393. The van der Waals surface area contributed by atoms with Crippen LogP contribution in [0.25, 0.3) is 0 Å². The molecule has 0 bridgehead atoms. The zero-order valence-electron chi connectivity index (χ0n) is 10.7. The molecule has 0 aliphatic heterocycles. The third-order valence-electron chi connectivity index (χ3n) is 2.37. The van der Waals surface area contributed by atoms with Gasteiger partial charge in [0.15, 0.2) is 5.75 Å². The van der Waals surface area contributed by atoms with Gasteiger partial charge in [-0.25, -0.2) is 4.98 Å². The third-order valence-corrected chi connectivity index (χ3v) is 2.37.